The Morgan fingerprint density at radius 3 is 2.67 bits per heavy atom. The Hall–Kier alpha value is -4.95. The zero-order valence-corrected chi connectivity index (χ0v) is 25.5. The van der Waals surface area contributed by atoms with Gasteiger partial charge in [-0.2, -0.15) is 13.2 Å². The van der Waals surface area contributed by atoms with E-state index in [0.29, 0.717) is 48.5 Å². The number of Topliss-reactive ketones (excluding diaryl/α,β-unsaturated/α-hetero) is 1. The van der Waals surface area contributed by atoms with Crippen molar-refractivity contribution in [2.45, 2.75) is 38.0 Å². The number of aliphatic imine (C=N–C) groups is 1. The number of aromatic nitrogens is 1. The van der Waals surface area contributed by atoms with Crippen LogP contribution < -0.4 is 26.5 Å². The maximum absolute atomic E-state index is 15.0. The van der Waals surface area contributed by atoms with Gasteiger partial charge in [0.25, 0.3) is 0 Å². The summed E-state index contributed by atoms with van der Waals surface area (Å²) in [6, 6.07) is 6.75. The van der Waals surface area contributed by atoms with Crippen molar-refractivity contribution < 1.29 is 36.3 Å². The number of nitrogens with zero attached hydrogens (tertiary/aromatic N) is 3. The molecule has 9 nitrogen and oxygen atoms in total. The highest BCUT2D eigenvalue weighted by molar-refractivity contribution is 6.46. The number of fused-ring (bicyclic) bond motifs is 3. The molecule has 0 spiro atoms. The van der Waals surface area contributed by atoms with Crippen LogP contribution in [0.25, 0.3) is 5.57 Å². The molecular weight excluding hydrogens is 635 g/mol. The second kappa shape index (κ2) is 12.3. The fraction of sp³-hybridized carbons (Fsp3) is 0.294. The van der Waals surface area contributed by atoms with E-state index in [-0.39, 0.29) is 40.9 Å². The number of hydrogen-bond donors (Lipinski definition) is 3. The van der Waals surface area contributed by atoms with E-state index in [1.807, 2.05) is 13.0 Å². The van der Waals surface area contributed by atoms with Gasteiger partial charge in [-0.05, 0) is 48.4 Å². The van der Waals surface area contributed by atoms with Crippen LogP contribution in [0.15, 0.2) is 70.3 Å². The summed E-state index contributed by atoms with van der Waals surface area (Å²) in [5.74, 6) is -4.40. The Balaban J connectivity index is 1.18. The van der Waals surface area contributed by atoms with Crippen LogP contribution in [-0.4, -0.2) is 60.6 Å². The minimum Gasteiger partial charge on any atom is -0.382 e. The number of allylic oxidation sites excluding steroid dienone is 2. The first-order valence-electron chi connectivity index (χ1n) is 15.4. The van der Waals surface area contributed by atoms with Crippen LogP contribution in [-0.2, 0) is 16.1 Å². The monoisotopic (exact) mass is 664 g/mol. The third kappa shape index (κ3) is 5.85. The summed E-state index contributed by atoms with van der Waals surface area (Å²) in [6.45, 7) is 3.67. The molecule has 1 unspecified atom stereocenters. The molecule has 1 saturated heterocycles. The van der Waals surface area contributed by atoms with E-state index in [9.17, 15) is 22.8 Å². The smallest absolute Gasteiger partial charge is 0.382 e. The van der Waals surface area contributed by atoms with E-state index in [4.69, 9.17) is 4.74 Å². The van der Waals surface area contributed by atoms with Crippen molar-refractivity contribution in [1.82, 2.24) is 9.88 Å². The number of rotatable bonds is 7. The predicted molar refractivity (Wildman–Crippen MR) is 168 cm³/mol. The molecule has 4 aliphatic heterocycles. The number of ether oxygens (including phenoxy) is 1. The number of halogens is 5. The van der Waals surface area contributed by atoms with Gasteiger partial charge < -0.3 is 25.3 Å². The number of anilines is 2. The molecule has 248 valence electrons. The Kier molecular flexibility index (Phi) is 8.08. The molecule has 0 bridgehead atoms. The van der Waals surface area contributed by atoms with Crippen molar-refractivity contribution in [3.8, 4) is 0 Å². The Bertz CT molecular complexity index is 2050. The summed E-state index contributed by atoms with van der Waals surface area (Å²) in [5.41, 5.74) is 0.758. The third-order valence-corrected chi connectivity index (χ3v) is 8.76. The van der Waals surface area contributed by atoms with E-state index < -0.39 is 40.8 Å². The summed E-state index contributed by atoms with van der Waals surface area (Å²) in [5, 5.41) is 9.35. The molecule has 0 saturated carbocycles. The number of benzene rings is 2. The molecule has 0 aliphatic carbocycles. The van der Waals surface area contributed by atoms with Gasteiger partial charge in [-0.15, -0.1) is 0 Å². The molecule has 1 fully saturated rings. The van der Waals surface area contributed by atoms with Crippen LogP contribution in [0.1, 0.15) is 40.9 Å². The highest BCUT2D eigenvalue weighted by Gasteiger charge is 2.38. The summed E-state index contributed by atoms with van der Waals surface area (Å²) in [6.07, 6.45) is 1.78. The minimum absolute atomic E-state index is 0.0753. The SMILES string of the molecule is CC1CNc2c3c(ccc2=C2C=C(C(F)(F)F)Cn4ccc1c42)=NC(C(=O)c1cc(F)c(NC(=O)/C=C/CN[C@H]2CCOC2)c(F)c1)=N3. The third-order valence-electron chi connectivity index (χ3n) is 8.76. The number of amidine groups is 1. The number of alkyl halides is 3. The van der Waals surface area contributed by atoms with Crippen molar-refractivity contribution in [2.24, 2.45) is 9.98 Å². The van der Waals surface area contributed by atoms with Gasteiger partial charge in [-0.25, -0.2) is 18.8 Å². The van der Waals surface area contributed by atoms with E-state index >= 15 is 8.78 Å². The van der Waals surface area contributed by atoms with Crippen molar-refractivity contribution in [3.63, 3.8) is 0 Å². The van der Waals surface area contributed by atoms with Crippen molar-refractivity contribution in [3.05, 3.63) is 99.4 Å². The van der Waals surface area contributed by atoms with Gasteiger partial charge >= 0.3 is 6.18 Å². The molecular formula is C34H29F5N6O3. The van der Waals surface area contributed by atoms with Crippen LogP contribution in [0.5, 0.6) is 0 Å². The topological polar surface area (TPSA) is 109 Å². The van der Waals surface area contributed by atoms with Gasteiger partial charge in [0.1, 0.15) is 23.0 Å². The van der Waals surface area contributed by atoms with Gasteiger partial charge in [0, 0.05) is 60.3 Å². The molecule has 1 amide bonds. The van der Waals surface area contributed by atoms with E-state index in [1.54, 1.807) is 22.9 Å². The minimum atomic E-state index is -4.54. The summed E-state index contributed by atoms with van der Waals surface area (Å²) >= 11 is 0. The molecule has 3 aromatic rings. The molecule has 4 aliphatic rings. The second-order valence-electron chi connectivity index (χ2n) is 12.0. The Labute approximate surface area is 270 Å². The fourth-order valence-electron chi connectivity index (χ4n) is 6.29. The molecule has 14 heteroatoms. The Morgan fingerprint density at radius 1 is 1.15 bits per heavy atom. The van der Waals surface area contributed by atoms with Gasteiger partial charge in [0.15, 0.2) is 0 Å². The molecule has 5 heterocycles. The summed E-state index contributed by atoms with van der Waals surface area (Å²) in [4.78, 5) is 34.4. The first-order valence-corrected chi connectivity index (χ1v) is 15.4. The molecule has 48 heavy (non-hydrogen) atoms. The maximum atomic E-state index is 15.0. The standard InChI is InChI=1S/C34H29F5N6O3/c1-17-14-41-28-22(23-13-19(34(37,38)39)15-45-9-6-21(17)31(23)45)4-5-26-30(28)44-33(42-26)32(47)18-11-24(35)29(25(36)12-18)43-27(46)3-2-8-40-20-7-10-48-16-20/h2-6,9,11-13,17,20,40-41H,7-8,10,14-16H2,1H3,(H,43,46)/b3-2+,23-22?/t17?,20-/m0/s1. The lowest BCUT2D eigenvalue weighted by Gasteiger charge is -2.27. The van der Waals surface area contributed by atoms with Crippen LogP contribution in [0.4, 0.5) is 39.0 Å². The molecule has 2 atom stereocenters. The van der Waals surface area contributed by atoms with E-state index in [1.165, 1.54) is 6.08 Å². The lowest BCUT2D eigenvalue weighted by atomic mass is 9.91. The van der Waals surface area contributed by atoms with Gasteiger partial charge in [0.2, 0.25) is 17.5 Å². The molecule has 0 radical (unpaired) electrons. The first kappa shape index (κ1) is 31.6. The van der Waals surface area contributed by atoms with Crippen LogP contribution >= 0.6 is 0 Å². The number of hydrogen-bond acceptors (Lipinski definition) is 7. The number of ketones is 1. The second-order valence-corrected chi connectivity index (χ2v) is 12.0. The van der Waals surface area contributed by atoms with Crippen molar-refractivity contribution in [1.29, 1.82) is 0 Å². The molecule has 3 N–H and O–H groups in total. The van der Waals surface area contributed by atoms with Crippen LogP contribution in [0.2, 0.25) is 0 Å². The highest BCUT2D eigenvalue weighted by atomic mass is 19.4. The van der Waals surface area contributed by atoms with Gasteiger partial charge in [-0.1, -0.05) is 13.0 Å². The predicted octanol–water partition coefficient (Wildman–Crippen LogP) is 4.42. The Morgan fingerprint density at radius 2 is 1.94 bits per heavy atom. The van der Waals surface area contributed by atoms with Gasteiger partial charge in [0.05, 0.1) is 35.5 Å². The summed E-state index contributed by atoms with van der Waals surface area (Å²) < 4.78 is 78.6. The van der Waals surface area contributed by atoms with Crippen LogP contribution in [0.3, 0.4) is 0 Å². The number of carbonyl (C=O) groups is 2. The van der Waals surface area contributed by atoms with E-state index in [2.05, 4.69) is 25.9 Å². The van der Waals surface area contributed by atoms with Crippen molar-refractivity contribution >= 4 is 40.2 Å². The zero-order chi connectivity index (χ0) is 33.7. The number of nitrogens with one attached hydrogen (secondary N) is 3. The van der Waals surface area contributed by atoms with Crippen molar-refractivity contribution in [2.75, 3.05) is 36.9 Å². The lowest BCUT2D eigenvalue weighted by Crippen LogP contribution is -2.29. The zero-order valence-electron chi connectivity index (χ0n) is 25.5. The molecule has 2 aromatic carbocycles. The maximum Gasteiger partial charge on any atom is 0.414 e. The average molecular weight is 665 g/mol. The van der Waals surface area contributed by atoms with Crippen LogP contribution in [0, 0.1) is 11.6 Å². The number of amides is 1. The van der Waals surface area contributed by atoms with E-state index in [0.717, 1.165) is 36.3 Å². The van der Waals surface area contributed by atoms with Gasteiger partial charge in [-0.3, -0.25) is 9.59 Å². The molecule has 7 rings (SSSR count). The first-order chi connectivity index (χ1) is 23.0. The highest BCUT2D eigenvalue weighted by Crippen LogP contribution is 2.39. The quantitative estimate of drug-likeness (QED) is 0.197. The number of carbonyl (C=O) groups excluding carboxylic acids is 2. The summed E-state index contributed by atoms with van der Waals surface area (Å²) in [7, 11) is 0. The molecule has 1 aromatic heterocycles. The normalized spacial score (nSPS) is 19.8. The largest absolute Gasteiger partial charge is 0.414 e. The lowest BCUT2D eigenvalue weighted by molar-refractivity contribution is -0.112. The average Bonchev–Trinajstić information content (AvgIpc) is 3.81. The fourth-order valence-corrected chi connectivity index (χ4v) is 6.29.